The van der Waals surface area contributed by atoms with E-state index < -0.39 is 6.29 Å². The number of ether oxygens (including phenoxy) is 1. The van der Waals surface area contributed by atoms with Crippen molar-refractivity contribution in [3.63, 3.8) is 0 Å². The van der Waals surface area contributed by atoms with Crippen molar-refractivity contribution < 1.29 is 9.84 Å². The van der Waals surface area contributed by atoms with Gasteiger partial charge in [0.2, 0.25) is 0 Å². The number of aliphatic hydroxyl groups excluding tert-OH is 1. The van der Waals surface area contributed by atoms with Crippen molar-refractivity contribution in [1.29, 1.82) is 0 Å². The normalized spacial score (nSPS) is 19.8. The summed E-state index contributed by atoms with van der Waals surface area (Å²) < 4.78 is 5.69. The fraction of sp³-hybridized carbons (Fsp3) is 1.00. The van der Waals surface area contributed by atoms with Gasteiger partial charge in [-0.2, -0.15) is 0 Å². The van der Waals surface area contributed by atoms with Crippen LogP contribution >= 0.6 is 0 Å². The monoisotopic (exact) mass is 244 g/mol. The van der Waals surface area contributed by atoms with Gasteiger partial charge in [-0.15, -0.1) is 0 Å². The predicted octanol–water partition coefficient (Wildman–Crippen LogP) is 4.22. The van der Waals surface area contributed by atoms with Gasteiger partial charge in [0.1, 0.15) is 0 Å². The molecule has 0 rings (SSSR count). The van der Waals surface area contributed by atoms with E-state index in [1.54, 1.807) is 0 Å². The summed E-state index contributed by atoms with van der Waals surface area (Å²) in [4.78, 5) is 0. The first-order valence-electron chi connectivity index (χ1n) is 6.98. The van der Waals surface area contributed by atoms with Crippen LogP contribution in [0.3, 0.4) is 0 Å². The van der Waals surface area contributed by atoms with Crippen LogP contribution in [0, 0.1) is 16.7 Å². The standard InChI is InChI=1S/C15H32O2/c1-8-10-15(7,14(4,5)6)13(16)17-11-12(3)9-2/h12-13,16H,8-11H2,1-7H3. The van der Waals surface area contributed by atoms with Gasteiger partial charge in [0.15, 0.2) is 6.29 Å². The second-order valence-electron chi connectivity index (χ2n) is 6.62. The van der Waals surface area contributed by atoms with Gasteiger partial charge in [-0.05, 0) is 17.8 Å². The number of rotatable bonds is 7. The average Bonchev–Trinajstić information content (AvgIpc) is 2.23. The summed E-state index contributed by atoms with van der Waals surface area (Å²) in [5, 5.41) is 10.4. The first-order valence-corrected chi connectivity index (χ1v) is 6.98. The molecule has 0 aliphatic rings. The summed E-state index contributed by atoms with van der Waals surface area (Å²) in [5.74, 6) is 0.510. The molecule has 0 saturated carbocycles. The molecule has 0 aromatic rings. The predicted molar refractivity (Wildman–Crippen MR) is 73.9 cm³/mol. The minimum atomic E-state index is -0.670. The van der Waals surface area contributed by atoms with Crippen molar-refractivity contribution in [3.05, 3.63) is 0 Å². The summed E-state index contributed by atoms with van der Waals surface area (Å²) in [6, 6.07) is 0. The third-order valence-electron chi connectivity index (χ3n) is 4.26. The maximum atomic E-state index is 10.4. The van der Waals surface area contributed by atoms with Crippen molar-refractivity contribution in [1.82, 2.24) is 0 Å². The zero-order valence-electron chi connectivity index (χ0n) is 12.8. The quantitative estimate of drug-likeness (QED) is 0.679. The smallest absolute Gasteiger partial charge is 0.160 e. The Morgan fingerprint density at radius 1 is 1.12 bits per heavy atom. The highest BCUT2D eigenvalue weighted by molar-refractivity contribution is 4.88. The molecule has 2 heteroatoms. The average molecular weight is 244 g/mol. The summed E-state index contributed by atoms with van der Waals surface area (Å²) in [7, 11) is 0. The molecule has 104 valence electrons. The van der Waals surface area contributed by atoms with Crippen LogP contribution in [0.15, 0.2) is 0 Å². The molecule has 0 saturated heterocycles. The maximum Gasteiger partial charge on any atom is 0.160 e. The lowest BCUT2D eigenvalue weighted by molar-refractivity contribution is -0.209. The minimum absolute atomic E-state index is 0.0396. The first-order chi connectivity index (χ1) is 7.69. The minimum Gasteiger partial charge on any atom is -0.367 e. The third kappa shape index (κ3) is 4.59. The molecule has 2 nitrogen and oxygen atoms in total. The van der Waals surface area contributed by atoms with Gasteiger partial charge in [0.05, 0.1) is 6.61 Å². The van der Waals surface area contributed by atoms with Crippen LogP contribution in [0.5, 0.6) is 0 Å². The van der Waals surface area contributed by atoms with Gasteiger partial charge in [-0.25, -0.2) is 0 Å². The van der Waals surface area contributed by atoms with Gasteiger partial charge in [-0.1, -0.05) is 61.3 Å². The largest absolute Gasteiger partial charge is 0.367 e. The Bertz CT molecular complexity index is 207. The molecule has 0 aliphatic carbocycles. The van der Waals surface area contributed by atoms with E-state index in [1.165, 1.54) is 0 Å². The van der Waals surface area contributed by atoms with Crippen molar-refractivity contribution in [3.8, 4) is 0 Å². The fourth-order valence-electron chi connectivity index (χ4n) is 1.95. The Morgan fingerprint density at radius 3 is 2.00 bits per heavy atom. The van der Waals surface area contributed by atoms with Crippen molar-refractivity contribution in [2.24, 2.45) is 16.7 Å². The molecule has 1 N–H and O–H groups in total. The van der Waals surface area contributed by atoms with E-state index >= 15 is 0 Å². The maximum absolute atomic E-state index is 10.4. The molecule has 0 radical (unpaired) electrons. The number of hydrogen-bond acceptors (Lipinski definition) is 2. The highest BCUT2D eigenvalue weighted by Crippen LogP contribution is 2.45. The van der Waals surface area contributed by atoms with E-state index in [0.717, 1.165) is 19.3 Å². The van der Waals surface area contributed by atoms with Crippen LogP contribution in [0.25, 0.3) is 0 Å². The topological polar surface area (TPSA) is 29.5 Å². The van der Waals surface area contributed by atoms with Crippen molar-refractivity contribution in [2.45, 2.75) is 74.0 Å². The molecular formula is C15H32O2. The molecule has 3 atom stereocenters. The van der Waals surface area contributed by atoms with Crippen LogP contribution in [0.4, 0.5) is 0 Å². The van der Waals surface area contributed by atoms with Crippen LogP contribution in [0.2, 0.25) is 0 Å². The SMILES string of the molecule is CCCC(C)(C(O)OCC(C)CC)C(C)(C)C. The lowest BCUT2D eigenvalue weighted by Gasteiger charge is -2.45. The van der Waals surface area contributed by atoms with E-state index in [0.29, 0.717) is 12.5 Å². The lowest BCUT2D eigenvalue weighted by Crippen LogP contribution is -2.45. The van der Waals surface area contributed by atoms with E-state index in [9.17, 15) is 5.11 Å². The van der Waals surface area contributed by atoms with Crippen molar-refractivity contribution in [2.75, 3.05) is 6.61 Å². The molecule has 0 amide bonds. The number of hydrogen-bond donors (Lipinski definition) is 1. The third-order valence-corrected chi connectivity index (χ3v) is 4.26. The molecule has 0 spiro atoms. The Hall–Kier alpha value is -0.0800. The Kier molecular flexibility index (Phi) is 6.71. The van der Waals surface area contributed by atoms with Gasteiger partial charge < -0.3 is 9.84 Å². The lowest BCUT2D eigenvalue weighted by atomic mass is 9.65. The van der Waals surface area contributed by atoms with Gasteiger partial charge >= 0.3 is 0 Å². The van der Waals surface area contributed by atoms with E-state index in [1.807, 2.05) is 0 Å². The molecule has 0 bridgehead atoms. The Labute approximate surface area is 108 Å². The summed E-state index contributed by atoms with van der Waals surface area (Å²) in [6.45, 7) is 15.8. The molecular weight excluding hydrogens is 212 g/mol. The van der Waals surface area contributed by atoms with E-state index in [-0.39, 0.29) is 10.8 Å². The molecule has 17 heavy (non-hydrogen) atoms. The molecule has 0 aliphatic heterocycles. The highest BCUT2D eigenvalue weighted by atomic mass is 16.6. The van der Waals surface area contributed by atoms with Crippen LogP contribution in [-0.2, 0) is 4.74 Å². The summed E-state index contributed by atoms with van der Waals surface area (Å²) in [6.07, 6.45) is 2.47. The zero-order chi connectivity index (χ0) is 13.7. The summed E-state index contributed by atoms with van der Waals surface area (Å²) in [5.41, 5.74) is -0.146. The second-order valence-corrected chi connectivity index (χ2v) is 6.62. The molecule has 0 fully saturated rings. The van der Waals surface area contributed by atoms with Crippen LogP contribution < -0.4 is 0 Å². The van der Waals surface area contributed by atoms with Crippen LogP contribution in [-0.4, -0.2) is 18.0 Å². The first kappa shape index (κ1) is 16.9. The molecule has 3 unspecified atom stereocenters. The number of aliphatic hydroxyl groups is 1. The van der Waals surface area contributed by atoms with Gasteiger partial charge in [-0.3, -0.25) is 0 Å². The zero-order valence-corrected chi connectivity index (χ0v) is 12.8. The molecule has 0 aromatic heterocycles. The molecule has 0 aromatic carbocycles. The van der Waals surface area contributed by atoms with Gasteiger partial charge in [0, 0.05) is 5.41 Å². The second kappa shape index (κ2) is 6.75. The van der Waals surface area contributed by atoms with Crippen LogP contribution in [0.1, 0.15) is 67.7 Å². The highest BCUT2D eigenvalue weighted by Gasteiger charge is 2.43. The Balaban J connectivity index is 4.60. The summed E-state index contributed by atoms with van der Waals surface area (Å²) >= 11 is 0. The van der Waals surface area contributed by atoms with E-state index in [2.05, 4.69) is 48.5 Å². The molecule has 0 heterocycles. The van der Waals surface area contributed by atoms with Crippen molar-refractivity contribution >= 4 is 0 Å². The van der Waals surface area contributed by atoms with Gasteiger partial charge in [0.25, 0.3) is 0 Å². The fourth-order valence-corrected chi connectivity index (χ4v) is 1.95. The van der Waals surface area contributed by atoms with E-state index in [4.69, 9.17) is 4.74 Å². The Morgan fingerprint density at radius 2 is 1.65 bits per heavy atom.